The molecule has 2 aliphatic rings. The SMILES string of the molecule is Cc1c(C(=O)N2CCC(C(=O)N3CCCCCC3)CC2)oc2c(F)cccc12. The van der Waals surface area contributed by atoms with E-state index in [1.54, 1.807) is 24.0 Å². The van der Waals surface area contributed by atoms with Crippen LogP contribution in [-0.4, -0.2) is 47.8 Å². The van der Waals surface area contributed by atoms with Gasteiger partial charge in [-0.3, -0.25) is 9.59 Å². The van der Waals surface area contributed by atoms with Crippen molar-refractivity contribution in [3.63, 3.8) is 0 Å². The Hall–Kier alpha value is -2.37. The molecule has 0 saturated carbocycles. The molecule has 2 aromatic rings. The maximum atomic E-state index is 14.0. The Bertz CT molecular complexity index is 875. The molecule has 4 rings (SSSR count). The summed E-state index contributed by atoms with van der Waals surface area (Å²) < 4.78 is 19.6. The van der Waals surface area contributed by atoms with E-state index in [1.165, 1.54) is 18.9 Å². The molecular weight excluding hydrogens is 359 g/mol. The number of carbonyl (C=O) groups is 2. The first-order valence-electron chi connectivity index (χ1n) is 10.3. The van der Waals surface area contributed by atoms with E-state index in [-0.39, 0.29) is 29.1 Å². The van der Waals surface area contributed by atoms with Gasteiger partial charge in [-0.1, -0.05) is 25.0 Å². The lowest BCUT2D eigenvalue weighted by Crippen LogP contribution is -2.44. The van der Waals surface area contributed by atoms with Gasteiger partial charge in [-0.2, -0.15) is 0 Å². The molecule has 2 aliphatic heterocycles. The summed E-state index contributed by atoms with van der Waals surface area (Å²) in [6, 6.07) is 4.72. The first-order valence-corrected chi connectivity index (χ1v) is 10.3. The van der Waals surface area contributed by atoms with Gasteiger partial charge < -0.3 is 14.2 Å². The van der Waals surface area contributed by atoms with Gasteiger partial charge in [0.25, 0.3) is 5.91 Å². The zero-order valence-electron chi connectivity index (χ0n) is 16.4. The Balaban J connectivity index is 1.42. The van der Waals surface area contributed by atoms with E-state index in [1.807, 2.05) is 4.90 Å². The van der Waals surface area contributed by atoms with Crippen LogP contribution in [0, 0.1) is 18.7 Å². The van der Waals surface area contributed by atoms with Crippen molar-refractivity contribution in [2.45, 2.75) is 45.4 Å². The summed E-state index contributed by atoms with van der Waals surface area (Å²) in [5, 5.41) is 0.634. The molecule has 0 bridgehead atoms. The van der Waals surface area contributed by atoms with Crippen LogP contribution in [0.1, 0.15) is 54.6 Å². The summed E-state index contributed by atoms with van der Waals surface area (Å²) in [7, 11) is 0. The van der Waals surface area contributed by atoms with Gasteiger partial charge in [0.1, 0.15) is 0 Å². The maximum absolute atomic E-state index is 14.0. The number of para-hydroxylation sites is 1. The van der Waals surface area contributed by atoms with E-state index < -0.39 is 5.82 Å². The smallest absolute Gasteiger partial charge is 0.289 e. The van der Waals surface area contributed by atoms with Crippen LogP contribution in [-0.2, 0) is 4.79 Å². The molecule has 2 saturated heterocycles. The van der Waals surface area contributed by atoms with Gasteiger partial charge in [0.05, 0.1) is 0 Å². The summed E-state index contributed by atoms with van der Waals surface area (Å²) in [6.07, 6.45) is 5.93. The Labute approximate surface area is 164 Å². The fraction of sp³-hybridized carbons (Fsp3) is 0.545. The molecule has 1 aromatic heterocycles. The van der Waals surface area contributed by atoms with Gasteiger partial charge in [0.15, 0.2) is 17.2 Å². The monoisotopic (exact) mass is 386 g/mol. The van der Waals surface area contributed by atoms with Crippen molar-refractivity contribution in [1.82, 2.24) is 9.80 Å². The number of likely N-dealkylation sites (tertiary alicyclic amines) is 2. The van der Waals surface area contributed by atoms with E-state index in [9.17, 15) is 14.0 Å². The molecule has 0 aliphatic carbocycles. The molecule has 28 heavy (non-hydrogen) atoms. The molecule has 6 heteroatoms. The molecule has 3 heterocycles. The van der Waals surface area contributed by atoms with Crippen LogP contribution in [0.15, 0.2) is 22.6 Å². The highest BCUT2D eigenvalue weighted by molar-refractivity contribution is 5.99. The predicted molar refractivity (Wildman–Crippen MR) is 105 cm³/mol. The Morgan fingerprint density at radius 3 is 2.32 bits per heavy atom. The van der Waals surface area contributed by atoms with Crippen LogP contribution in [0.25, 0.3) is 11.0 Å². The number of hydrogen-bond donors (Lipinski definition) is 0. The normalized spacial score (nSPS) is 19.1. The fourth-order valence-electron chi connectivity index (χ4n) is 4.44. The van der Waals surface area contributed by atoms with Gasteiger partial charge in [0, 0.05) is 43.0 Å². The molecule has 150 valence electrons. The van der Waals surface area contributed by atoms with Crippen LogP contribution >= 0.6 is 0 Å². The number of amides is 2. The highest BCUT2D eigenvalue weighted by Crippen LogP contribution is 2.29. The van der Waals surface area contributed by atoms with E-state index in [2.05, 4.69) is 0 Å². The number of hydrogen-bond acceptors (Lipinski definition) is 3. The number of benzene rings is 1. The average molecular weight is 386 g/mol. The van der Waals surface area contributed by atoms with Gasteiger partial charge in [-0.25, -0.2) is 4.39 Å². The van der Waals surface area contributed by atoms with Crippen molar-refractivity contribution in [2.24, 2.45) is 5.92 Å². The van der Waals surface area contributed by atoms with Gasteiger partial charge in [0.2, 0.25) is 5.91 Å². The maximum Gasteiger partial charge on any atom is 0.289 e. The quantitative estimate of drug-likeness (QED) is 0.780. The Morgan fingerprint density at radius 2 is 1.68 bits per heavy atom. The number of aryl methyl sites for hydroxylation is 1. The first-order chi connectivity index (χ1) is 13.6. The van der Waals surface area contributed by atoms with E-state index in [0.717, 1.165) is 25.9 Å². The molecule has 0 spiro atoms. The highest BCUT2D eigenvalue weighted by Gasteiger charge is 2.32. The zero-order chi connectivity index (χ0) is 19.7. The highest BCUT2D eigenvalue weighted by atomic mass is 19.1. The third-order valence-electron chi connectivity index (χ3n) is 6.16. The lowest BCUT2D eigenvalue weighted by molar-refractivity contribution is -0.136. The first kappa shape index (κ1) is 19.0. The summed E-state index contributed by atoms with van der Waals surface area (Å²) in [4.78, 5) is 29.5. The van der Waals surface area contributed by atoms with Crippen LogP contribution in [0.3, 0.4) is 0 Å². The lowest BCUT2D eigenvalue weighted by atomic mass is 9.94. The minimum atomic E-state index is -0.457. The zero-order valence-corrected chi connectivity index (χ0v) is 16.4. The van der Waals surface area contributed by atoms with E-state index in [4.69, 9.17) is 4.42 Å². The van der Waals surface area contributed by atoms with Gasteiger partial charge >= 0.3 is 0 Å². The summed E-state index contributed by atoms with van der Waals surface area (Å²) >= 11 is 0. The topological polar surface area (TPSA) is 53.8 Å². The Kier molecular flexibility index (Phi) is 5.38. The van der Waals surface area contributed by atoms with Crippen LogP contribution in [0.2, 0.25) is 0 Å². The van der Waals surface area contributed by atoms with E-state index in [0.29, 0.717) is 36.9 Å². The van der Waals surface area contributed by atoms with Crippen molar-refractivity contribution in [2.75, 3.05) is 26.2 Å². The number of rotatable bonds is 2. The molecular formula is C22H27FN2O3. The third kappa shape index (κ3) is 3.52. The number of halogens is 1. The van der Waals surface area contributed by atoms with Gasteiger partial charge in [-0.05, 0) is 38.7 Å². The van der Waals surface area contributed by atoms with Crippen molar-refractivity contribution < 1.29 is 18.4 Å². The van der Waals surface area contributed by atoms with Crippen molar-refractivity contribution >= 4 is 22.8 Å². The van der Waals surface area contributed by atoms with Crippen molar-refractivity contribution in [3.8, 4) is 0 Å². The molecule has 2 amide bonds. The van der Waals surface area contributed by atoms with Gasteiger partial charge in [-0.15, -0.1) is 0 Å². The average Bonchev–Trinajstić information content (AvgIpc) is 2.89. The molecule has 1 aromatic carbocycles. The van der Waals surface area contributed by atoms with Crippen molar-refractivity contribution in [3.05, 3.63) is 35.3 Å². The second-order valence-corrected chi connectivity index (χ2v) is 7.98. The minimum absolute atomic E-state index is 0.00337. The van der Waals surface area contributed by atoms with Crippen LogP contribution in [0.5, 0.6) is 0 Å². The summed E-state index contributed by atoms with van der Waals surface area (Å²) in [6.45, 7) is 4.57. The van der Waals surface area contributed by atoms with Crippen LogP contribution < -0.4 is 0 Å². The third-order valence-corrected chi connectivity index (χ3v) is 6.16. The summed E-state index contributed by atoms with van der Waals surface area (Å²) in [5.74, 6) is -0.222. The lowest BCUT2D eigenvalue weighted by Gasteiger charge is -2.33. The molecule has 5 nitrogen and oxygen atoms in total. The molecule has 2 fully saturated rings. The van der Waals surface area contributed by atoms with Crippen LogP contribution in [0.4, 0.5) is 4.39 Å². The molecule has 0 radical (unpaired) electrons. The second kappa shape index (κ2) is 7.94. The number of nitrogens with zero attached hydrogens (tertiary/aromatic N) is 2. The molecule has 0 atom stereocenters. The largest absolute Gasteiger partial charge is 0.448 e. The summed E-state index contributed by atoms with van der Waals surface area (Å²) in [5.41, 5.74) is 0.803. The standard InChI is InChI=1S/C22H27FN2O3/c1-15-17-7-6-8-18(23)20(17)28-19(15)22(27)25-13-9-16(10-14-25)21(26)24-11-4-2-3-5-12-24/h6-8,16H,2-5,9-14H2,1H3. The Morgan fingerprint density at radius 1 is 1.00 bits per heavy atom. The minimum Gasteiger partial charge on any atom is -0.448 e. The fourth-order valence-corrected chi connectivity index (χ4v) is 4.44. The van der Waals surface area contributed by atoms with E-state index >= 15 is 0 Å². The number of carbonyl (C=O) groups excluding carboxylic acids is 2. The number of fused-ring (bicyclic) bond motifs is 1. The number of furan rings is 1. The number of piperidine rings is 1. The van der Waals surface area contributed by atoms with Crippen molar-refractivity contribution in [1.29, 1.82) is 0 Å². The predicted octanol–water partition coefficient (Wildman–Crippen LogP) is 4.14. The molecule has 0 unspecified atom stereocenters. The second-order valence-electron chi connectivity index (χ2n) is 7.98. The molecule has 0 N–H and O–H groups in total.